The van der Waals surface area contributed by atoms with Gasteiger partial charge in [0.25, 0.3) is 0 Å². The van der Waals surface area contributed by atoms with E-state index in [1.807, 2.05) is 27.9 Å². The lowest BCUT2D eigenvalue weighted by Crippen LogP contribution is -2.19. The van der Waals surface area contributed by atoms with Crippen molar-refractivity contribution in [2.45, 2.75) is 19.8 Å². The molecule has 0 spiro atoms. The molecule has 0 fully saturated rings. The average molecular weight is 239 g/mol. The van der Waals surface area contributed by atoms with Crippen LogP contribution in [-0.4, -0.2) is 46.7 Å². The molecule has 0 aliphatic carbocycles. The Balaban J connectivity index is 2.99. The molecular formula is C10H17N5O2. The molecule has 0 amide bonds. The predicted molar refractivity (Wildman–Crippen MR) is 64.4 cm³/mol. The number of hydrogen-bond acceptors (Lipinski definition) is 6. The first-order valence-corrected chi connectivity index (χ1v) is 5.29. The third kappa shape index (κ3) is 3.86. The Bertz CT molecular complexity index is 379. The zero-order valence-electron chi connectivity index (χ0n) is 10.4. The van der Waals surface area contributed by atoms with E-state index in [4.69, 9.17) is 5.11 Å². The standard InChI is InChI=1S/C10H17N5O2/c1-6(2)8-12-9(11-5-7(16)17)14-10(13-8)15(3)4/h6H,5H2,1-4H3,(H,16,17)(H,11,12,13,14). The summed E-state index contributed by atoms with van der Waals surface area (Å²) in [5.41, 5.74) is 0. The van der Waals surface area contributed by atoms with E-state index >= 15 is 0 Å². The Kier molecular flexibility index (Phi) is 4.19. The van der Waals surface area contributed by atoms with Crippen molar-refractivity contribution >= 4 is 17.9 Å². The number of carboxylic acid groups (broad SMARTS) is 1. The first kappa shape index (κ1) is 13.1. The van der Waals surface area contributed by atoms with E-state index in [1.54, 1.807) is 4.90 Å². The molecule has 7 heteroatoms. The van der Waals surface area contributed by atoms with E-state index in [1.165, 1.54) is 0 Å². The summed E-state index contributed by atoms with van der Waals surface area (Å²) in [6, 6.07) is 0. The van der Waals surface area contributed by atoms with Gasteiger partial charge in [0.15, 0.2) is 0 Å². The number of rotatable bonds is 5. The molecule has 1 rings (SSSR count). The van der Waals surface area contributed by atoms with Crippen LogP contribution in [0.1, 0.15) is 25.6 Å². The van der Waals surface area contributed by atoms with E-state index in [-0.39, 0.29) is 18.4 Å². The monoisotopic (exact) mass is 239 g/mol. The predicted octanol–water partition coefficient (Wildman–Crippen LogP) is 0.557. The Labute approximate surface area is 99.9 Å². The van der Waals surface area contributed by atoms with E-state index < -0.39 is 5.97 Å². The zero-order chi connectivity index (χ0) is 13.0. The normalized spacial score (nSPS) is 10.4. The Hall–Kier alpha value is -1.92. The molecule has 0 saturated carbocycles. The molecule has 0 bridgehead atoms. The molecule has 0 atom stereocenters. The fourth-order valence-electron chi connectivity index (χ4n) is 1.07. The molecule has 17 heavy (non-hydrogen) atoms. The number of aliphatic carboxylic acids is 1. The summed E-state index contributed by atoms with van der Waals surface area (Å²) in [5.74, 6) is 0.632. The lowest BCUT2D eigenvalue weighted by atomic mass is 10.2. The molecule has 1 aromatic heterocycles. The van der Waals surface area contributed by atoms with E-state index in [2.05, 4.69) is 20.3 Å². The van der Waals surface area contributed by atoms with Crippen molar-refractivity contribution in [1.82, 2.24) is 15.0 Å². The smallest absolute Gasteiger partial charge is 0.322 e. The Morgan fingerprint density at radius 2 is 2.00 bits per heavy atom. The van der Waals surface area contributed by atoms with E-state index in [0.717, 1.165) is 0 Å². The second-order valence-electron chi connectivity index (χ2n) is 4.11. The number of nitrogens with one attached hydrogen (secondary N) is 1. The topological polar surface area (TPSA) is 91.2 Å². The van der Waals surface area contributed by atoms with Crippen molar-refractivity contribution in [3.63, 3.8) is 0 Å². The minimum absolute atomic E-state index is 0.155. The highest BCUT2D eigenvalue weighted by Crippen LogP contribution is 2.14. The van der Waals surface area contributed by atoms with Crippen molar-refractivity contribution in [3.05, 3.63) is 5.82 Å². The summed E-state index contributed by atoms with van der Waals surface area (Å²) in [5, 5.41) is 11.2. The van der Waals surface area contributed by atoms with Crippen LogP contribution in [0.2, 0.25) is 0 Å². The summed E-state index contributed by atoms with van der Waals surface area (Å²) < 4.78 is 0. The molecule has 1 aromatic rings. The average Bonchev–Trinajstić information content (AvgIpc) is 2.25. The van der Waals surface area contributed by atoms with E-state index in [9.17, 15) is 4.79 Å². The zero-order valence-corrected chi connectivity index (χ0v) is 10.4. The summed E-state index contributed by atoms with van der Waals surface area (Å²) in [6.45, 7) is 3.72. The second kappa shape index (κ2) is 5.42. The van der Waals surface area contributed by atoms with Crippen LogP contribution < -0.4 is 10.2 Å². The molecule has 0 unspecified atom stereocenters. The minimum Gasteiger partial charge on any atom is -0.480 e. The van der Waals surface area contributed by atoms with Gasteiger partial charge in [-0.25, -0.2) is 0 Å². The quantitative estimate of drug-likeness (QED) is 0.775. The van der Waals surface area contributed by atoms with Gasteiger partial charge in [0.2, 0.25) is 11.9 Å². The van der Waals surface area contributed by atoms with E-state index in [0.29, 0.717) is 11.8 Å². The molecule has 0 aliphatic rings. The largest absolute Gasteiger partial charge is 0.480 e. The maximum Gasteiger partial charge on any atom is 0.322 e. The van der Waals surface area contributed by atoms with Gasteiger partial charge in [-0.15, -0.1) is 0 Å². The lowest BCUT2D eigenvalue weighted by molar-refractivity contribution is -0.134. The SMILES string of the molecule is CC(C)c1nc(NCC(=O)O)nc(N(C)C)n1. The maximum atomic E-state index is 10.5. The summed E-state index contributed by atoms with van der Waals surface area (Å²) >= 11 is 0. The first-order valence-electron chi connectivity index (χ1n) is 5.29. The third-order valence-corrected chi connectivity index (χ3v) is 1.96. The fraction of sp³-hybridized carbons (Fsp3) is 0.600. The van der Waals surface area contributed by atoms with Crippen LogP contribution in [0.3, 0.4) is 0 Å². The number of carboxylic acids is 1. The molecule has 94 valence electrons. The van der Waals surface area contributed by atoms with Crippen molar-refractivity contribution in [3.8, 4) is 0 Å². The van der Waals surface area contributed by atoms with Crippen LogP contribution in [0.25, 0.3) is 0 Å². The number of hydrogen-bond donors (Lipinski definition) is 2. The van der Waals surface area contributed by atoms with Crippen LogP contribution in [0.4, 0.5) is 11.9 Å². The lowest BCUT2D eigenvalue weighted by Gasteiger charge is -2.14. The third-order valence-electron chi connectivity index (χ3n) is 1.96. The Morgan fingerprint density at radius 3 is 2.47 bits per heavy atom. The van der Waals surface area contributed by atoms with Crippen molar-refractivity contribution in [2.75, 3.05) is 30.9 Å². The summed E-state index contributed by atoms with van der Waals surface area (Å²) in [6.07, 6.45) is 0. The van der Waals surface area contributed by atoms with Crippen molar-refractivity contribution < 1.29 is 9.90 Å². The van der Waals surface area contributed by atoms with Gasteiger partial charge in [-0.3, -0.25) is 4.79 Å². The highest BCUT2D eigenvalue weighted by atomic mass is 16.4. The number of carbonyl (C=O) groups is 1. The van der Waals surface area contributed by atoms with Gasteiger partial charge in [0.05, 0.1) is 0 Å². The second-order valence-corrected chi connectivity index (χ2v) is 4.11. The molecule has 0 aromatic carbocycles. The fourth-order valence-corrected chi connectivity index (χ4v) is 1.07. The van der Waals surface area contributed by atoms with Gasteiger partial charge in [-0.1, -0.05) is 13.8 Å². The van der Waals surface area contributed by atoms with Crippen LogP contribution >= 0.6 is 0 Å². The van der Waals surface area contributed by atoms with Crippen LogP contribution in [-0.2, 0) is 4.79 Å². The maximum absolute atomic E-state index is 10.5. The highest BCUT2D eigenvalue weighted by molar-refractivity contribution is 5.71. The number of anilines is 2. The molecule has 1 heterocycles. The summed E-state index contributed by atoms with van der Waals surface area (Å²) in [4.78, 5) is 24.8. The summed E-state index contributed by atoms with van der Waals surface area (Å²) in [7, 11) is 3.64. The van der Waals surface area contributed by atoms with Gasteiger partial charge in [0, 0.05) is 20.0 Å². The van der Waals surface area contributed by atoms with Gasteiger partial charge >= 0.3 is 5.97 Å². The highest BCUT2D eigenvalue weighted by Gasteiger charge is 2.11. The molecule has 0 radical (unpaired) electrons. The van der Waals surface area contributed by atoms with Crippen molar-refractivity contribution in [2.24, 2.45) is 0 Å². The number of aromatic nitrogens is 3. The molecule has 0 aliphatic heterocycles. The van der Waals surface area contributed by atoms with Crippen molar-refractivity contribution in [1.29, 1.82) is 0 Å². The molecular weight excluding hydrogens is 222 g/mol. The van der Waals surface area contributed by atoms with Gasteiger partial charge in [-0.05, 0) is 0 Å². The Morgan fingerprint density at radius 1 is 1.35 bits per heavy atom. The minimum atomic E-state index is -0.956. The molecule has 0 saturated heterocycles. The van der Waals surface area contributed by atoms with Crippen LogP contribution in [0, 0.1) is 0 Å². The van der Waals surface area contributed by atoms with Crippen LogP contribution in [0.5, 0.6) is 0 Å². The van der Waals surface area contributed by atoms with Crippen LogP contribution in [0.15, 0.2) is 0 Å². The molecule has 2 N–H and O–H groups in total. The number of nitrogens with zero attached hydrogens (tertiary/aromatic N) is 4. The molecule has 7 nitrogen and oxygen atoms in total. The van der Waals surface area contributed by atoms with Gasteiger partial charge in [-0.2, -0.15) is 15.0 Å². The van der Waals surface area contributed by atoms with Gasteiger partial charge < -0.3 is 15.3 Å². The first-order chi connectivity index (χ1) is 7.90. The van der Waals surface area contributed by atoms with Gasteiger partial charge in [0.1, 0.15) is 12.4 Å².